The number of hydrogen-bond donors (Lipinski definition) is 1. The fourth-order valence-corrected chi connectivity index (χ4v) is 2.48. The summed E-state index contributed by atoms with van der Waals surface area (Å²) in [5.41, 5.74) is -0.273. The minimum absolute atomic E-state index is 0.118. The molecule has 1 amide bonds. The summed E-state index contributed by atoms with van der Waals surface area (Å²) in [6.45, 7) is 4.84. The summed E-state index contributed by atoms with van der Waals surface area (Å²) >= 11 is 0. The Bertz CT molecular complexity index is 880. The maximum atomic E-state index is 12.6. The van der Waals surface area contributed by atoms with Gasteiger partial charge < -0.3 is 14.8 Å². The zero-order valence-corrected chi connectivity index (χ0v) is 16.1. The molecule has 1 N–H and O–H groups in total. The third kappa shape index (κ3) is 4.64. The highest BCUT2D eigenvalue weighted by Gasteiger charge is 2.34. The van der Waals surface area contributed by atoms with Gasteiger partial charge in [-0.05, 0) is 32.4 Å². The van der Waals surface area contributed by atoms with Crippen molar-refractivity contribution in [2.45, 2.75) is 32.3 Å². The van der Waals surface area contributed by atoms with Crippen molar-refractivity contribution < 1.29 is 24.0 Å². The monoisotopic (exact) mass is 386 g/mol. The summed E-state index contributed by atoms with van der Waals surface area (Å²) < 4.78 is 10.4. The Balaban J connectivity index is 2.12. The van der Waals surface area contributed by atoms with Gasteiger partial charge in [-0.25, -0.2) is 0 Å². The molecule has 0 aliphatic carbocycles. The van der Waals surface area contributed by atoms with Crippen molar-refractivity contribution in [2.24, 2.45) is 0 Å². The van der Waals surface area contributed by atoms with Gasteiger partial charge in [0.25, 0.3) is 11.6 Å². The molecule has 0 bridgehead atoms. The third-order valence-corrected chi connectivity index (χ3v) is 4.31. The number of nitro benzene ring substituents is 1. The van der Waals surface area contributed by atoms with Crippen molar-refractivity contribution in [1.29, 1.82) is 0 Å². The lowest BCUT2D eigenvalue weighted by atomic mass is 9.85. The maximum Gasteiger partial charge on any atom is 0.316 e. The number of methoxy groups -OCH3 is 1. The second-order valence-corrected chi connectivity index (χ2v) is 6.67. The van der Waals surface area contributed by atoms with E-state index in [0.29, 0.717) is 0 Å². The van der Waals surface area contributed by atoms with E-state index < -0.39 is 28.3 Å². The molecule has 8 nitrogen and oxygen atoms in total. The minimum Gasteiger partial charge on any atom is -0.495 e. The number of amides is 1. The zero-order chi connectivity index (χ0) is 20.9. The van der Waals surface area contributed by atoms with E-state index in [-0.39, 0.29) is 17.1 Å². The second kappa shape index (κ2) is 8.51. The molecule has 0 heterocycles. The van der Waals surface area contributed by atoms with Crippen LogP contribution in [-0.4, -0.2) is 30.0 Å². The van der Waals surface area contributed by atoms with Crippen molar-refractivity contribution in [3.8, 4) is 5.75 Å². The summed E-state index contributed by atoms with van der Waals surface area (Å²) in [4.78, 5) is 35.4. The average Bonchev–Trinajstić information content (AvgIpc) is 2.68. The van der Waals surface area contributed by atoms with Crippen molar-refractivity contribution in [3.05, 3.63) is 64.2 Å². The second-order valence-electron chi connectivity index (χ2n) is 6.67. The molecule has 0 saturated carbocycles. The first kappa shape index (κ1) is 20.9. The SMILES string of the molecule is COc1ccc([N+](=O)[O-])cc1NC(=O)[C@H](C)OC(=O)C(C)(C)c1ccccc1. The van der Waals surface area contributed by atoms with Crippen LogP contribution < -0.4 is 10.1 Å². The van der Waals surface area contributed by atoms with Gasteiger partial charge in [0.05, 0.1) is 23.1 Å². The molecule has 0 unspecified atom stereocenters. The van der Waals surface area contributed by atoms with Gasteiger partial charge in [0, 0.05) is 12.1 Å². The molecule has 0 saturated heterocycles. The first-order valence-corrected chi connectivity index (χ1v) is 8.56. The number of rotatable bonds is 7. The topological polar surface area (TPSA) is 108 Å². The third-order valence-electron chi connectivity index (χ3n) is 4.31. The fourth-order valence-electron chi connectivity index (χ4n) is 2.48. The predicted molar refractivity (Wildman–Crippen MR) is 103 cm³/mol. The number of anilines is 1. The van der Waals surface area contributed by atoms with Crippen LogP contribution in [0.3, 0.4) is 0 Å². The summed E-state index contributed by atoms with van der Waals surface area (Å²) in [7, 11) is 1.38. The molecule has 2 aromatic rings. The van der Waals surface area contributed by atoms with Crippen molar-refractivity contribution in [1.82, 2.24) is 0 Å². The predicted octanol–water partition coefficient (Wildman–Crippen LogP) is 3.45. The molecular formula is C20H22N2O6. The van der Waals surface area contributed by atoms with Gasteiger partial charge >= 0.3 is 5.97 Å². The van der Waals surface area contributed by atoms with Gasteiger partial charge in [0.15, 0.2) is 6.10 Å². The van der Waals surface area contributed by atoms with E-state index >= 15 is 0 Å². The van der Waals surface area contributed by atoms with Gasteiger partial charge in [-0.3, -0.25) is 19.7 Å². The lowest BCUT2D eigenvalue weighted by Gasteiger charge is -2.25. The Kier molecular flexibility index (Phi) is 6.35. The quantitative estimate of drug-likeness (QED) is 0.444. The minimum atomic E-state index is -1.11. The van der Waals surface area contributed by atoms with Crippen molar-refractivity contribution in [2.75, 3.05) is 12.4 Å². The number of esters is 1. The summed E-state index contributed by atoms with van der Waals surface area (Å²) in [5.74, 6) is -0.939. The van der Waals surface area contributed by atoms with Crippen LogP contribution in [-0.2, 0) is 19.7 Å². The van der Waals surface area contributed by atoms with Gasteiger partial charge in [0.2, 0.25) is 0 Å². The van der Waals surface area contributed by atoms with E-state index in [1.807, 2.05) is 18.2 Å². The maximum absolute atomic E-state index is 12.6. The highest BCUT2D eigenvalue weighted by molar-refractivity contribution is 5.97. The van der Waals surface area contributed by atoms with Crippen LogP contribution in [0, 0.1) is 10.1 Å². The number of benzene rings is 2. The van der Waals surface area contributed by atoms with Gasteiger partial charge in [-0.15, -0.1) is 0 Å². The highest BCUT2D eigenvalue weighted by atomic mass is 16.6. The Morgan fingerprint density at radius 3 is 2.36 bits per heavy atom. The van der Waals surface area contributed by atoms with E-state index in [1.54, 1.807) is 26.0 Å². The van der Waals surface area contributed by atoms with E-state index in [1.165, 1.54) is 32.2 Å². The molecule has 0 aromatic heterocycles. The lowest BCUT2D eigenvalue weighted by Crippen LogP contribution is -2.37. The Morgan fingerprint density at radius 2 is 1.79 bits per heavy atom. The standard InChI is InChI=1S/C20H22N2O6/c1-13(28-19(24)20(2,3)14-8-6-5-7-9-14)18(23)21-16-12-15(22(25)26)10-11-17(16)27-4/h5-13H,1-4H3,(H,21,23)/t13-/m0/s1. The van der Waals surface area contributed by atoms with Gasteiger partial charge in [0.1, 0.15) is 5.75 Å². The number of non-ortho nitro benzene ring substituents is 1. The number of ether oxygens (including phenoxy) is 2. The number of nitro groups is 1. The highest BCUT2D eigenvalue weighted by Crippen LogP contribution is 2.29. The molecule has 2 aromatic carbocycles. The number of carbonyl (C=O) groups is 2. The van der Waals surface area contributed by atoms with E-state index in [4.69, 9.17) is 9.47 Å². The van der Waals surface area contributed by atoms with Crippen LogP contribution in [0.4, 0.5) is 11.4 Å². The Hall–Kier alpha value is -3.42. The Labute approximate surface area is 162 Å². The van der Waals surface area contributed by atoms with E-state index in [2.05, 4.69) is 5.32 Å². The number of nitrogens with zero attached hydrogens (tertiary/aromatic N) is 1. The van der Waals surface area contributed by atoms with E-state index in [0.717, 1.165) is 5.56 Å². The molecule has 0 radical (unpaired) electrons. The fraction of sp³-hybridized carbons (Fsp3) is 0.300. The number of hydrogen-bond acceptors (Lipinski definition) is 6. The molecule has 0 aliphatic rings. The van der Waals surface area contributed by atoms with Crippen LogP contribution in [0.15, 0.2) is 48.5 Å². The van der Waals surface area contributed by atoms with E-state index in [9.17, 15) is 19.7 Å². The first-order valence-electron chi connectivity index (χ1n) is 8.56. The first-order chi connectivity index (χ1) is 13.2. The summed E-state index contributed by atoms with van der Waals surface area (Å²) in [5, 5.41) is 13.5. The van der Waals surface area contributed by atoms with Crippen molar-refractivity contribution in [3.63, 3.8) is 0 Å². The molecule has 0 aliphatic heterocycles. The normalized spacial score (nSPS) is 12.0. The number of carbonyl (C=O) groups excluding carboxylic acids is 2. The molecular weight excluding hydrogens is 364 g/mol. The van der Waals surface area contributed by atoms with Crippen molar-refractivity contribution >= 4 is 23.3 Å². The zero-order valence-electron chi connectivity index (χ0n) is 16.1. The lowest BCUT2D eigenvalue weighted by molar-refractivity contribution is -0.384. The van der Waals surface area contributed by atoms with Crippen LogP contribution >= 0.6 is 0 Å². The van der Waals surface area contributed by atoms with Crippen LogP contribution in [0.5, 0.6) is 5.75 Å². The molecule has 1 atom stereocenters. The molecule has 2 rings (SSSR count). The molecule has 0 spiro atoms. The molecule has 28 heavy (non-hydrogen) atoms. The van der Waals surface area contributed by atoms with Gasteiger partial charge in [-0.1, -0.05) is 30.3 Å². The molecule has 148 valence electrons. The van der Waals surface area contributed by atoms with Crippen LogP contribution in [0.2, 0.25) is 0 Å². The largest absolute Gasteiger partial charge is 0.495 e. The smallest absolute Gasteiger partial charge is 0.316 e. The molecule has 8 heteroatoms. The Morgan fingerprint density at radius 1 is 1.14 bits per heavy atom. The number of nitrogens with one attached hydrogen (secondary N) is 1. The summed E-state index contributed by atoms with van der Waals surface area (Å²) in [6.07, 6.45) is -1.11. The molecule has 0 fully saturated rings. The average molecular weight is 386 g/mol. The van der Waals surface area contributed by atoms with Crippen LogP contribution in [0.25, 0.3) is 0 Å². The summed E-state index contributed by atoms with van der Waals surface area (Å²) in [6, 6.07) is 12.9. The van der Waals surface area contributed by atoms with Crippen LogP contribution in [0.1, 0.15) is 26.3 Å². The van der Waals surface area contributed by atoms with Gasteiger partial charge in [-0.2, -0.15) is 0 Å².